The molecular formula is C15H18BrNO3. The highest BCUT2D eigenvalue weighted by atomic mass is 79.9. The molecule has 0 aliphatic carbocycles. The van der Waals surface area contributed by atoms with Crippen molar-refractivity contribution in [3.05, 3.63) is 28.7 Å². The molecule has 1 aromatic carbocycles. The number of hydrogen-bond acceptors (Lipinski definition) is 3. The molecule has 2 unspecified atom stereocenters. The van der Waals surface area contributed by atoms with Crippen LogP contribution in [-0.2, 0) is 4.79 Å². The maximum Gasteiger partial charge on any atom is 0.261 e. The molecule has 2 atom stereocenters. The summed E-state index contributed by atoms with van der Waals surface area (Å²) in [4.78, 5) is 14.3. The van der Waals surface area contributed by atoms with Gasteiger partial charge in [0.15, 0.2) is 6.61 Å². The number of carbonyl (C=O) groups excluding carboxylic acids is 1. The first-order chi connectivity index (χ1) is 9.63. The average Bonchev–Trinajstić information content (AvgIpc) is 2.70. The number of aliphatic hydroxyl groups is 1. The second kappa shape index (κ2) is 5.74. The molecule has 20 heavy (non-hydrogen) atoms. The molecule has 108 valence electrons. The Morgan fingerprint density at radius 2 is 1.85 bits per heavy atom. The predicted molar refractivity (Wildman–Crippen MR) is 78.5 cm³/mol. The minimum Gasteiger partial charge on any atom is -0.484 e. The Bertz CT molecular complexity index is 476. The summed E-state index contributed by atoms with van der Waals surface area (Å²) >= 11 is 3.36. The molecule has 0 radical (unpaired) electrons. The van der Waals surface area contributed by atoms with Crippen molar-refractivity contribution in [2.45, 2.75) is 43.9 Å². The fourth-order valence-electron chi connectivity index (χ4n) is 3.31. The van der Waals surface area contributed by atoms with Crippen LogP contribution in [0.2, 0.25) is 0 Å². The minimum absolute atomic E-state index is 0.0346. The van der Waals surface area contributed by atoms with E-state index in [1.54, 1.807) is 0 Å². The van der Waals surface area contributed by atoms with Gasteiger partial charge in [0.05, 0.1) is 6.10 Å². The van der Waals surface area contributed by atoms with Crippen LogP contribution in [0.25, 0.3) is 0 Å². The topological polar surface area (TPSA) is 49.8 Å². The molecular weight excluding hydrogens is 322 g/mol. The summed E-state index contributed by atoms with van der Waals surface area (Å²) in [5, 5.41) is 9.75. The lowest BCUT2D eigenvalue weighted by atomic mass is 10.00. The number of rotatable bonds is 3. The van der Waals surface area contributed by atoms with Gasteiger partial charge in [-0.25, -0.2) is 0 Å². The highest BCUT2D eigenvalue weighted by molar-refractivity contribution is 9.10. The van der Waals surface area contributed by atoms with Gasteiger partial charge in [0.2, 0.25) is 0 Å². The number of fused-ring (bicyclic) bond motifs is 2. The van der Waals surface area contributed by atoms with E-state index in [0.29, 0.717) is 18.6 Å². The summed E-state index contributed by atoms with van der Waals surface area (Å²) in [6.07, 6.45) is 3.18. The molecule has 0 aromatic heterocycles. The third-order valence-electron chi connectivity index (χ3n) is 4.17. The number of benzene rings is 1. The van der Waals surface area contributed by atoms with E-state index in [1.807, 2.05) is 29.2 Å². The van der Waals surface area contributed by atoms with Crippen LogP contribution < -0.4 is 4.74 Å². The molecule has 2 saturated heterocycles. The lowest BCUT2D eigenvalue weighted by Crippen LogP contribution is -2.49. The van der Waals surface area contributed by atoms with E-state index in [1.165, 1.54) is 0 Å². The Morgan fingerprint density at radius 1 is 1.25 bits per heavy atom. The molecule has 0 saturated carbocycles. The monoisotopic (exact) mass is 339 g/mol. The molecule has 4 nitrogen and oxygen atoms in total. The van der Waals surface area contributed by atoms with Gasteiger partial charge in [-0.15, -0.1) is 0 Å². The first kappa shape index (κ1) is 13.9. The quantitative estimate of drug-likeness (QED) is 0.919. The van der Waals surface area contributed by atoms with Gasteiger partial charge in [-0.3, -0.25) is 4.79 Å². The number of hydrogen-bond donors (Lipinski definition) is 1. The van der Waals surface area contributed by atoms with E-state index < -0.39 is 0 Å². The Hall–Kier alpha value is -1.07. The standard InChI is InChI=1S/C15H18BrNO3/c16-10-1-5-14(6-2-10)20-9-15(19)17-11-3-4-12(17)8-13(18)7-11/h1-2,5-6,11-13,18H,3-4,7-9H2. The molecule has 1 amide bonds. The first-order valence-electron chi connectivity index (χ1n) is 7.01. The molecule has 2 aliphatic heterocycles. The zero-order chi connectivity index (χ0) is 14.1. The van der Waals surface area contributed by atoms with Gasteiger partial charge in [-0.1, -0.05) is 15.9 Å². The van der Waals surface area contributed by atoms with Gasteiger partial charge in [-0.2, -0.15) is 0 Å². The van der Waals surface area contributed by atoms with E-state index in [4.69, 9.17) is 4.74 Å². The maximum absolute atomic E-state index is 12.3. The van der Waals surface area contributed by atoms with Crippen molar-refractivity contribution in [1.82, 2.24) is 4.90 Å². The highest BCUT2D eigenvalue weighted by Crippen LogP contribution is 2.35. The second-order valence-electron chi connectivity index (χ2n) is 5.55. The summed E-state index contributed by atoms with van der Waals surface area (Å²) < 4.78 is 6.54. The van der Waals surface area contributed by atoms with Gasteiger partial charge < -0.3 is 14.7 Å². The third-order valence-corrected chi connectivity index (χ3v) is 4.70. The number of carbonyl (C=O) groups is 1. The highest BCUT2D eigenvalue weighted by Gasteiger charge is 2.42. The summed E-state index contributed by atoms with van der Waals surface area (Å²) in [6.45, 7) is 0.0741. The normalized spacial score (nSPS) is 28.5. The van der Waals surface area contributed by atoms with Gasteiger partial charge in [-0.05, 0) is 49.9 Å². The third kappa shape index (κ3) is 2.83. The number of halogens is 1. The SMILES string of the molecule is O=C(COc1ccc(Br)cc1)N1C2CCC1CC(O)C2. The van der Waals surface area contributed by atoms with E-state index in [-0.39, 0.29) is 30.7 Å². The van der Waals surface area contributed by atoms with Gasteiger partial charge in [0.1, 0.15) is 5.75 Å². The summed E-state index contributed by atoms with van der Waals surface area (Å²) in [5.41, 5.74) is 0. The average molecular weight is 340 g/mol. The van der Waals surface area contributed by atoms with Crippen molar-refractivity contribution < 1.29 is 14.6 Å². The van der Waals surface area contributed by atoms with Crippen LogP contribution in [-0.4, -0.2) is 40.7 Å². The Labute approximate surface area is 126 Å². The van der Waals surface area contributed by atoms with Crippen molar-refractivity contribution in [2.24, 2.45) is 0 Å². The first-order valence-corrected chi connectivity index (χ1v) is 7.80. The molecule has 5 heteroatoms. The molecule has 2 aliphatic rings. The van der Waals surface area contributed by atoms with Crippen molar-refractivity contribution in [3.63, 3.8) is 0 Å². The van der Waals surface area contributed by atoms with Crippen LogP contribution in [0.5, 0.6) is 5.75 Å². The Balaban J connectivity index is 1.58. The molecule has 2 heterocycles. The lowest BCUT2D eigenvalue weighted by Gasteiger charge is -2.37. The Kier molecular flexibility index (Phi) is 3.98. The zero-order valence-corrected chi connectivity index (χ0v) is 12.8. The zero-order valence-electron chi connectivity index (χ0n) is 11.2. The van der Waals surface area contributed by atoms with E-state index in [0.717, 1.165) is 17.3 Å². The van der Waals surface area contributed by atoms with Crippen LogP contribution in [0.15, 0.2) is 28.7 Å². The molecule has 2 fully saturated rings. The number of nitrogens with zero attached hydrogens (tertiary/aromatic N) is 1. The number of aliphatic hydroxyl groups excluding tert-OH is 1. The molecule has 0 spiro atoms. The summed E-state index contributed by atoms with van der Waals surface area (Å²) in [7, 11) is 0. The lowest BCUT2D eigenvalue weighted by molar-refractivity contribution is -0.139. The maximum atomic E-state index is 12.3. The second-order valence-corrected chi connectivity index (χ2v) is 6.47. The fourth-order valence-corrected chi connectivity index (χ4v) is 3.57. The smallest absolute Gasteiger partial charge is 0.261 e. The molecule has 3 rings (SSSR count). The van der Waals surface area contributed by atoms with Crippen LogP contribution in [0, 0.1) is 0 Å². The van der Waals surface area contributed by atoms with Crippen LogP contribution in [0.4, 0.5) is 0 Å². The predicted octanol–water partition coefficient (Wildman–Crippen LogP) is 2.34. The molecule has 1 N–H and O–H groups in total. The van der Waals surface area contributed by atoms with E-state index >= 15 is 0 Å². The van der Waals surface area contributed by atoms with Gasteiger partial charge in [0, 0.05) is 16.6 Å². The number of piperidine rings is 1. The van der Waals surface area contributed by atoms with Crippen LogP contribution in [0.1, 0.15) is 25.7 Å². The number of ether oxygens (including phenoxy) is 1. The number of amides is 1. The van der Waals surface area contributed by atoms with Gasteiger partial charge in [0.25, 0.3) is 5.91 Å². The van der Waals surface area contributed by atoms with Gasteiger partial charge >= 0.3 is 0 Å². The van der Waals surface area contributed by atoms with Crippen molar-refractivity contribution in [3.8, 4) is 5.75 Å². The van der Waals surface area contributed by atoms with Crippen molar-refractivity contribution in [2.75, 3.05) is 6.61 Å². The van der Waals surface area contributed by atoms with Crippen LogP contribution in [0.3, 0.4) is 0 Å². The fraction of sp³-hybridized carbons (Fsp3) is 0.533. The Morgan fingerprint density at radius 3 is 2.45 bits per heavy atom. The summed E-state index contributed by atoms with van der Waals surface area (Å²) in [6, 6.07) is 7.86. The van der Waals surface area contributed by atoms with Crippen LogP contribution >= 0.6 is 15.9 Å². The van der Waals surface area contributed by atoms with E-state index in [2.05, 4.69) is 15.9 Å². The van der Waals surface area contributed by atoms with E-state index in [9.17, 15) is 9.90 Å². The molecule has 2 bridgehead atoms. The largest absolute Gasteiger partial charge is 0.484 e. The summed E-state index contributed by atoms with van der Waals surface area (Å²) in [5.74, 6) is 0.734. The van der Waals surface area contributed by atoms with Crippen molar-refractivity contribution >= 4 is 21.8 Å². The molecule has 1 aromatic rings. The minimum atomic E-state index is -0.246. The van der Waals surface area contributed by atoms with Crippen molar-refractivity contribution in [1.29, 1.82) is 0 Å².